The van der Waals surface area contributed by atoms with Crippen molar-refractivity contribution in [1.82, 2.24) is 19.5 Å². The molecule has 0 radical (unpaired) electrons. The molecule has 1 aromatic heterocycles. The Labute approximate surface area is 174 Å². The lowest BCUT2D eigenvalue weighted by molar-refractivity contribution is 0.0619. The molecule has 4 fully saturated rings. The molecule has 2 bridgehead atoms. The number of fused-ring (bicyclic) bond motifs is 4. The van der Waals surface area contributed by atoms with Crippen LogP contribution in [0.3, 0.4) is 0 Å². The standard InChI is InChI=1S/C21H27N5O2S/c1-13(2)25-9-10-26(21(25)28)15-3-4-16-18(11-15)29-23-19(16)20(27)22-17-12-24-7-5-14(17)6-8-24/h3-4,11,13-14,17H,5-10,12H2,1-2H3,(H,22,27)/t17-/m1/s1. The number of hydrogen-bond donors (Lipinski definition) is 1. The molecule has 29 heavy (non-hydrogen) atoms. The molecule has 3 amide bonds. The minimum absolute atomic E-state index is 0.0455. The number of nitrogens with one attached hydrogen (secondary N) is 1. The number of carbonyl (C=O) groups excluding carboxylic acids is 2. The Morgan fingerprint density at radius 2 is 2.00 bits per heavy atom. The average Bonchev–Trinajstić information content (AvgIpc) is 3.32. The summed E-state index contributed by atoms with van der Waals surface area (Å²) < 4.78 is 5.40. The topological polar surface area (TPSA) is 68.8 Å². The van der Waals surface area contributed by atoms with Gasteiger partial charge < -0.3 is 15.1 Å². The highest BCUT2D eigenvalue weighted by Gasteiger charge is 2.35. The molecular formula is C21H27N5O2S. The minimum Gasteiger partial charge on any atom is -0.346 e. The van der Waals surface area contributed by atoms with Crippen molar-refractivity contribution in [2.24, 2.45) is 5.92 Å². The van der Waals surface area contributed by atoms with Crippen molar-refractivity contribution in [2.75, 3.05) is 37.6 Å². The van der Waals surface area contributed by atoms with E-state index in [1.54, 1.807) is 0 Å². The second-order valence-corrected chi connectivity index (χ2v) is 9.46. The molecular weight excluding hydrogens is 386 g/mol. The minimum atomic E-state index is -0.0778. The van der Waals surface area contributed by atoms with E-state index in [-0.39, 0.29) is 24.0 Å². The molecule has 0 saturated carbocycles. The maximum Gasteiger partial charge on any atom is 0.324 e. The van der Waals surface area contributed by atoms with Gasteiger partial charge in [-0.25, -0.2) is 4.79 Å². The largest absolute Gasteiger partial charge is 0.346 e. The van der Waals surface area contributed by atoms with E-state index in [1.807, 2.05) is 41.8 Å². The molecule has 154 valence electrons. The van der Waals surface area contributed by atoms with Gasteiger partial charge in [0, 0.05) is 42.8 Å². The Balaban J connectivity index is 1.34. The normalized spacial score (nSPS) is 26.7. The highest BCUT2D eigenvalue weighted by molar-refractivity contribution is 7.13. The second-order valence-electron chi connectivity index (χ2n) is 8.65. The maximum atomic E-state index is 12.9. The van der Waals surface area contributed by atoms with Crippen LogP contribution >= 0.6 is 11.5 Å². The quantitative estimate of drug-likeness (QED) is 0.837. The number of carbonyl (C=O) groups is 2. The van der Waals surface area contributed by atoms with Crippen LogP contribution in [0.4, 0.5) is 10.5 Å². The van der Waals surface area contributed by atoms with Gasteiger partial charge in [0.05, 0.1) is 4.70 Å². The summed E-state index contributed by atoms with van der Waals surface area (Å²) >= 11 is 1.33. The van der Waals surface area contributed by atoms with Crippen LogP contribution < -0.4 is 10.2 Å². The lowest BCUT2D eigenvalue weighted by Crippen LogP contribution is -2.57. The SMILES string of the molecule is CC(C)N1CCN(c2ccc3c(C(=O)N[C@@H]4CN5CCC4CC5)nsc3c2)C1=O. The van der Waals surface area contributed by atoms with Gasteiger partial charge in [0.1, 0.15) is 5.69 Å². The first-order chi connectivity index (χ1) is 14.0. The van der Waals surface area contributed by atoms with Crippen molar-refractivity contribution in [3.05, 3.63) is 23.9 Å². The van der Waals surface area contributed by atoms with Gasteiger partial charge in [0.2, 0.25) is 0 Å². The first-order valence-electron chi connectivity index (χ1n) is 10.5. The maximum absolute atomic E-state index is 12.9. The predicted molar refractivity (Wildman–Crippen MR) is 115 cm³/mol. The van der Waals surface area contributed by atoms with Crippen LogP contribution in [-0.4, -0.2) is 70.9 Å². The van der Waals surface area contributed by atoms with Gasteiger partial charge in [-0.15, -0.1) is 0 Å². The number of nitrogens with zero attached hydrogens (tertiary/aromatic N) is 4. The zero-order chi connectivity index (χ0) is 20.1. The Kier molecular flexibility index (Phi) is 4.70. The Morgan fingerprint density at radius 3 is 2.66 bits per heavy atom. The lowest BCUT2D eigenvalue weighted by atomic mass is 9.84. The predicted octanol–water partition coefficient (Wildman–Crippen LogP) is 2.77. The van der Waals surface area contributed by atoms with Gasteiger partial charge in [-0.05, 0) is 75.4 Å². The Hall–Kier alpha value is -2.19. The summed E-state index contributed by atoms with van der Waals surface area (Å²) in [6.07, 6.45) is 2.34. The van der Waals surface area contributed by atoms with E-state index in [4.69, 9.17) is 0 Å². The van der Waals surface area contributed by atoms with E-state index in [9.17, 15) is 9.59 Å². The fourth-order valence-electron chi connectivity index (χ4n) is 4.90. The Bertz CT molecular complexity index is 950. The molecule has 1 atom stereocenters. The highest BCUT2D eigenvalue weighted by atomic mass is 32.1. The summed E-state index contributed by atoms with van der Waals surface area (Å²) in [4.78, 5) is 31.7. The van der Waals surface area contributed by atoms with Crippen LogP contribution in [0.1, 0.15) is 37.2 Å². The molecule has 1 aromatic carbocycles. The number of anilines is 1. The van der Waals surface area contributed by atoms with Gasteiger partial charge in [-0.3, -0.25) is 9.69 Å². The molecule has 4 aliphatic heterocycles. The fourth-order valence-corrected chi connectivity index (χ4v) is 5.70. The van der Waals surface area contributed by atoms with Crippen LogP contribution in [-0.2, 0) is 0 Å². The third-order valence-electron chi connectivity index (χ3n) is 6.62. The average molecular weight is 414 g/mol. The first-order valence-corrected chi connectivity index (χ1v) is 11.3. The molecule has 1 N–H and O–H groups in total. The van der Waals surface area contributed by atoms with Crippen LogP contribution in [0.5, 0.6) is 0 Å². The summed E-state index contributed by atoms with van der Waals surface area (Å²) in [5.41, 5.74) is 1.38. The molecule has 4 aliphatic rings. The zero-order valence-electron chi connectivity index (χ0n) is 16.9. The lowest BCUT2D eigenvalue weighted by Gasteiger charge is -2.44. The van der Waals surface area contributed by atoms with Gasteiger partial charge >= 0.3 is 6.03 Å². The number of piperidine rings is 3. The summed E-state index contributed by atoms with van der Waals surface area (Å²) in [5, 5.41) is 4.10. The van der Waals surface area contributed by atoms with E-state index >= 15 is 0 Å². The monoisotopic (exact) mass is 413 g/mol. The van der Waals surface area contributed by atoms with Gasteiger partial charge in [-0.2, -0.15) is 4.37 Å². The van der Waals surface area contributed by atoms with Crippen LogP contribution in [0.2, 0.25) is 0 Å². The third kappa shape index (κ3) is 3.28. The molecule has 0 aliphatic carbocycles. The molecule has 0 spiro atoms. The number of hydrogen-bond acceptors (Lipinski definition) is 5. The van der Waals surface area contributed by atoms with Gasteiger partial charge in [0.15, 0.2) is 0 Å². The summed E-state index contributed by atoms with van der Waals surface area (Å²) in [6.45, 7) is 8.76. The zero-order valence-corrected chi connectivity index (χ0v) is 17.7. The van der Waals surface area contributed by atoms with Crippen molar-refractivity contribution < 1.29 is 9.59 Å². The molecule has 7 nitrogen and oxygen atoms in total. The number of urea groups is 1. The number of benzene rings is 1. The summed E-state index contributed by atoms with van der Waals surface area (Å²) in [5.74, 6) is 0.511. The first kappa shape index (κ1) is 18.8. The van der Waals surface area contributed by atoms with Crippen molar-refractivity contribution in [3.63, 3.8) is 0 Å². The smallest absolute Gasteiger partial charge is 0.324 e. The molecule has 4 saturated heterocycles. The summed E-state index contributed by atoms with van der Waals surface area (Å²) in [7, 11) is 0. The number of amides is 3. The van der Waals surface area contributed by atoms with Gasteiger partial charge in [0.25, 0.3) is 5.91 Å². The van der Waals surface area contributed by atoms with Crippen LogP contribution in [0, 0.1) is 5.92 Å². The van der Waals surface area contributed by atoms with Crippen molar-refractivity contribution in [2.45, 2.75) is 38.8 Å². The van der Waals surface area contributed by atoms with E-state index in [0.29, 0.717) is 18.2 Å². The molecule has 2 aromatic rings. The molecule has 5 heterocycles. The third-order valence-corrected chi connectivity index (χ3v) is 7.43. The van der Waals surface area contributed by atoms with Crippen molar-refractivity contribution in [1.29, 1.82) is 0 Å². The van der Waals surface area contributed by atoms with Crippen LogP contribution in [0.25, 0.3) is 10.1 Å². The van der Waals surface area contributed by atoms with E-state index in [2.05, 4.69) is 14.6 Å². The van der Waals surface area contributed by atoms with Crippen molar-refractivity contribution in [3.8, 4) is 0 Å². The van der Waals surface area contributed by atoms with E-state index in [0.717, 1.165) is 42.0 Å². The number of rotatable bonds is 4. The highest BCUT2D eigenvalue weighted by Crippen LogP contribution is 2.31. The molecule has 8 heteroatoms. The number of aromatic nitrogens is 1. The van der Waals surface area contributed by atoms with Gasteiger partial charge in [-0.1, -0.05) is 0 Å². The van der Waals surface area contributed by atoms with E-state index < -0.39 is 0 Å². The van der Waals surface area contributed by atoms with Crippen LogP contribution in [0.15, 0.2) is 18.2 Å². The second kappa shape index (κ2) is 7.25. The van der Waals surface area contributed by atoms with E-state index in [1.165, 1.54) is 24.4 Å². The van der Waals surface area contributed by atoms with Crippen molar-refractivity contribution >= 4 is 39.2 Å². The Morgan fingerprint density at radius 1 is 1.21 bits per heavy atom. The molecule has 0 unspecified atom stereocenters. The summed E-state index contributed by atoms with van der Waals surface area (Å²) in [6, 6.07) is 6.32. The fraction of sp³-hybridized carbons (Fsp3) is 0.571. The molecule has 6 rings (SSSR count).